The molecule has 1 atom stereocenters. The molecule has 1 amide bonds. The van der Waals surface area contributed by atoms with E-state index in [0.29, 0.717) is 44.6 Å². The average molecular weight is 421 g/mol. The number of halogens is 1. The molecule has 28 heavy (non-hydrogen) atoms. The highest BCUT2D eigenvalue weighted by Crippen LogP contribution is 2.27. The van der Waals surface area contributed by atoms with Crippen LogP contribution in [-0.4, -0.2) is 52.9 Å². The number of carbonyl (C=O) groups is 1. The second-order valence-electron chi connectivity index (χ2n) is 7.18. The van der Waals surface area contributed by atoms with E-state index >= 15 is 0 Å². The molecule has 1 N–H and O–H groups in total. The number of ether oxygens (including phenoxy) is 1. The number of thiophene rings is 1. The number of nitrogens with zero attached hydrogens (tertiary/aromatic N) is 3. The van der Waals surface area contributed by atoms with Gasteiger partial charge in [0, 0.05) is 41.8 Å². The molecule has 0 saturated carbocycles. The molecule has 1 fully saturated rings. The van der Waals surface area contributed by atoms with Crippen molar-refractivity contribution >= 4 is 28.8 Å². The molecule has 2 aromatic rings. The van der Waals surface area contributed by atoms with Crippen LogP contribution in [0.15, 0.2) is 24.8 Å². The molecule has 150 valence electrons. The van der Waals surface area contributed by atoms with Crippen molar-refractivity contribution in [2.24, 2.45) is 0 Å². The molecule has 0 unspecified atom stereocenters. The first-order valence-electron chi connectivity index (χ1n) is 9.69. The van der Waals surface area contributed by atoms with E-state index in [1.807, 2.05) is 21.7 Å². The average Bonchev–Trinajstić information content (AvgIpc) is 3.30. The van der Waals surface area contributed by atoms with Gasteiger partial charge in [-0.1, -0.05) is 17.7 Å². The van der Waals surface area contributed by atoms with Crippen molar-refractivity contribution in [1.82, 2.24) is 20.0 Å². The Hall–Kier alpha value is -1.67. The van der Waals surface area contributed by atoms with Gasteiger partial charge in [-0.3, -0.25) is 9.48 Å². The highest BCUT2D eigenvalue weighted by molar-refractivity contribution is 7.16. The lowest BCUT2D eigenvalue weighted by molar-refractivity contribution is 0.0297. The molecule has 0 aromatic carbocycles. The zero-order chi connectivity index (χ0) is 19.5. The number of morpholine rings is 1. The molecule has 2 aromatic heterocycles. The van der Waals surface area contributed by atoms with Crippen LogP contribution in [0.4, 0.5) is 0 Å². The lowest BCUT2D eigenvalue weighted by Crippen LogP contribution is -2.41. The Morgan fingerprint density at radius 3 is 2.96 bits per heavy atom. The normalized spacial score (nSPS) is 19.5. The fourth-order valence-electron chi connectivity index (χ4n) is 3.92. The Morgan fingerprint density at radius 1 is 1.43 bits per heavy atom. The van der Waals surface area contributed by atoms with Gasteiger partial charge in [0.15, 0.2) is 5.69 Å². The molecule has 3 heterocycles. The zero-order valence-corrected chi connectivity index (χ0v) is 17.4. The third-order valence-corrected chi connectivity index (χ3v) is 6.57. The second kappa shape index (κ2) is 8.78. The number of hydrogen-bond acceptors (Lipinski definition) is 5. The summed E-state index contributed by atoms with van der Waals surface area (Å²) in [6, 6.07) is 4.32. The summed E-state index contributed by atoms with van der Waals surface area (Å²) < 4.78 is 8.15. The summed E-state index contributed by atoms with van der Waals surface area (Å²) in [6.45, 7) is 7.70. The highest BCUT2D eigenvalue weighted by Gasteiger charge is 2.31. The van der Waals surface area contributed by atoms with Gasteiger partial charge in [0.05, 0.1) is 24.1 Å². The molecule has 1 aliphatic heterocycles. The van der Waals surface area contributed by atoms with Gasteiger partial charge in [-0.2, -0.15) is 5.10 Å². The Labute approximate surface area is 174 Å². The maximum atomic E-state index is 13.1. The SMILES string of the molecule is C=CCn1nc(C(=O)N2CCOCC2)c2c1CC[C@H](NCc1ccc(Cl)s1)C2. The maximum absolute atomic E-state index is 13.1. The quantitative estimate of drug-likeness (QED) is 0.730. The molecule has 2 aliphatic rings. The fraction of sp³-hybridized carbons (Fsp3) is 0.500. The number of allylic oxidation sites excluding steroid dienone is 1. The van der Waals surface area contributed by atoms with Gasteiger partial charge in [0.25, 0.3) is 5.91 Å². The van der Waals surface area contributed by atoms with Gasteiger partial charge >= 0.3 is 0 Å². The van der Waals surface area contributed by atoms with Crippen molar-refractivity contribution in [3.05, 3.63) is 51.0 Å². The Kier molecular flexibility index (Phi) is 6.16. The van der Waals surface area contributed by atoms with Crippen molar-refractivity contribution < 1.29 is 9.53 Å². The van der Waals surface area contributed by atoms with Crippen LogP contribution in [0, 0.1) is 0 Å². The van der Waals surface area contributed by atoms with Gasteiger partial charge in [-0.05, 0) is 31.4 Å². The summed E-state index contributed by atoms with van der Waals surface area (Å²) in [5.74, 6) is 0.0213. The summed E-state index contributed by atoms with van der Waals surface area (Å²) in [6.07, 6.45) is 4.59. The fourth-order valence-corrected chi connectivity index (χ4v) is 4.95. The summed E-state index contributed by atoms with van der Waals surface area (Å²) in [5.41, 5.74) is 2.87. The van der Waals surface area contributed by atoms with E-state index in [4.69, 9.17) is 16.3 Å². The van der Waals surface area contributed by atoms with Crippen molar-refractivity contribution in [1.29, 1.82) is 0 Å². The first kappa shape index (κ1) is 19.6. The van der Waals surface area contributed by atoms with Crippen LogP contribution in [0.1, 0.15) is 33.0 Å². The molecule has 0 radical (unpaired) electrons. The summed E-state index contributed by atoms with van der Waals surface area (Å²) in [7, 11) is 0. The standard InChI is InChI=1S/C20H25ClN4O2S/c1-2-7-25-17-5-3-14(22-13-15-4-6-18(21)28-15)12-16(17)19(23-25)20(26)24-8-10-27-11-9-24/h2,4,6,14,22H,1,3,5,7-13H2/t14-/m0/s1. The topological polar surface area (TPSA) is 59.4 Å². The molecule has 1 saturated heterocycles. The van der Waals surface area contributed by atoms with Gasteiger partial charge in [0.2, 0.25) is 0 Å². The molecular formula is C20H25ClN4O2S. The number of carbonyl (C=O) groups excluding carboxylic acids is 1. The molecule has 8 heteroatoms. The van der Waals surface area contributed by atoms with E-state index < -0.39 is 0 Å². The van der Waals surface area contributed by atoms with E-state index in [-0.39, 0.29) is 5.91 Å². The maximum Gasteiger partial charge on any atom is 0.274 e. The van der Waals surface area contributed by atoms with Crippen molar-refractivity contribution in [3.63, 3.8) is 0 Å². The largest absolute Gasteiger partial charge is 0.378 e. The number of amides is 1. The Bertz CT molecular complexity index is 857. The van der Waals surface area contributed by atoms with Crippen LogP contribution in [0.25, 0.3) is 0 Å². The van der Waals surface area contributed by atoms with E-state index in [0.717, 1.165) is 35.7 Å². The minimum Gasteiger partial charge on any atom is -0.378 e. The van der Waals surface area contributed by atoms with Crippen molar-refractivity contribution in [3.8, 4) is 0 Å². The first-order chi connectivity index (χ1) is 13.7. The zero-order valence-electron chi connectivity index (χ0n) is 15.8. The van der Waals surface area contributed by atoms with E-state index in [9.17, 15) is 4.79 Å². The number of hydrogen-bond donors (Lipinski definition) is 1. The minimum absolute atomic E-state index is 0.0213. The number of nitrogens with one attached hydrogen (secondary N) is 1. The Balaban J connectivity index is 1.52. The second-order valence-corrected chi connectivity index (χ2v) is 8.98. The Morgan fingerprint density at radius 2 is 2.25 bits per heavy atom. The molecule has 0 bridgehead atoms. The van der Waals surface area contributed by atoms with Gasteiger partial charge in [0.1, 0.15) is 0 Å². The van der Waals surface area contributed by atoms with E-state index in [1.165, 1.54) is 10.6 Å². The smallest absolute Gasteiger partial charge is 0.274 e. The third-order valence-electron chi connectivity index (χ3n) is 5.34. The lowest BCUT2D eigenvalue weighted by atomic mass is 9.91. The summed E-state index contributed by atoms with van der Waals surface area (Å²) in [4.78, 5) is 16.2. The van der Waals surface area contributed by atoms with Crippen molar-refractivity contribution in [2.45, 2.75) is 38.4 Å². The monoisotopic (exact) mass is 420 g/mol. The van der Waals surface area contributed by atoms with Gasteiger partial charge < -0.3 is 15.0 Å². The van der Waals surface area contributed by atoms with Crippen LogP contribution >= 0.6 is 22.9 Å². The molecule has 6 nitrogen and oxygen atoms in total. The molecule has 4 rings (SSSR count). The predicted octanol–water partition coefficient (Wildman–Crippen LogP) is 2.90. The predicted molar refractivity (Wildman–Crippen MR) is 111 cm³/mol. The van der Waals surface area contributed by atoms with E-state index in [1.54, 1.807) is 11.3 Å². The number of fused-ring (bicyclic) bond motifs is 1. The van der Waals surface area contributed by atoms with Gasteiger partial charge in [-0.15, -0.1) is 17.9 Å². The third kappa shape index (κ3) is 4.17. The first-order valence-corrected chi connectivity index (χ1v) is 10.9. The van der Waals surface area contributed by atoms with Crippen LogP contribution in [-0.2, 0) is 30.7 Å². The van der Waals surface area contributed by atoms with Crippen LogP contribution < -0.4 is 5.32 Å². The molecular weight excluding hydrogens is 396 g/mol. The van der Waals surface area contributed by atoms with E-state index in [2.05, 4.69) is 23.1 Å². The molecule has 0 spiro atoms. The molecule has 1 aliphatic carbocycles. The number of rotatable bonds is 6. The summed E-state index contributed by atoms with van der Waals surface area (Å²) in [5, 5.41) is 8.31. The number of aromatic nitrogens is 2. The van der Waals surface area contributed by atoms with Crippen LogP contribution in [0.5, 0.6) is 0 Å². The minimum atomic E-state index is 0.0213. The van der Waals surface area contributed by atoms with Crippen molar-refractivity contribution in [2.75, 3.05) is 26.3 Å². The van der Waals surface area contributed by atoms with Gasteiger partial charge in [-0.25, -0.2) is 0 Å². The van der Waals surface area contributed by atoms with Crippen LogP contribution in [0.3, 0.4) is 0 Å². The van der Waals surface area contributed by atoms with Crippen LogP contribution in [0.2, 0.25) is 4.34 Å². The highest BCUT2D eigenvalue weighted by atomic mass is 35.5. The lowest BCUT2D eigenvalue weighted by Gasteiger charge is -2.27. The summed E-state index contributed by atoms with van der Waals surface area (Å²) >= 11 is 7.63.